The fraction of sp³-hybridized carbons (Fsp3) is 0.912. The fourth-order valence-electron chi connectivity index (χ4n) is 9.77. The van der Waals surface area contributed by atoms with Crippen molar-refractivity contribution in [2.24, 2.45) is 46.3 Å². The Morgan fingerprint density at radius 1 is 1.15 bits per heavy atom. The lowest BCUT2D eigenvalue weighted by Crippen LogP contribution is -2.50. The molecule has 3 saturated carbocycles. The average Bonchev–Trinajstić information content (AvgIpc) is 3.23. The number of likely N-dealkylation sites (N-methyl/N-ethyl adjacent to an activating group) is 1. The van der Waals surface area contributed by atoms with E-state index in [2.05, 4.69) is 46.0 Å². The van der Waals surface area contributed by atoms with E-state index < -0.39 is 0 Å². The molecule has 0 aromatic rings. The van der Waals surface area contributed by atoms with Crippen LogP contribution < -0.4 is 5.32 Å². The summed E-state index contributed by atoms with van der Waals surface area (Å²) >= 11 is 0. The van der Waals surface area contributed by atoms with Gasteiger partial charge in [-0.15, -0.1) is 0 Å². The maximum atomic E-state index is 12.5. The lowest BCUT2D eigenvalue weighted by Gasteiger charge is -2.58. The van der Waals surface area contributed by atoms with Crippen LogP contribution in [0.3, 0.4) is 0 Å². The van der Waals surface area contributed by atoms with Crippen LogP contribution in [-0.4, -0.2) is 55.5 Å². The molecule has 8 atom stereocenters. The molecule has 0 aromatic carbocycles. The van der Waals surface area contributed by atoms with Crippen LogP contribution in [0, 0.1) is 46.3 Å². The van der Waals surface area contributed by atoms with Gasteiger partial charge in [-0.3, -0.25) is 0 Å². The van der Waals surface area contributed by atoms with E-state index in [0.717, 1.165) is 54.8 Å². The van der Waals surface area contributed by atoms with Crippen molar-refractivity contribution >= 4 is 6.09 Å². The van der Waals surface area contributed by atoms with Crippen LogP contribution >= 0.6 is 0 Å². The summed E-state index contributed by atoms with van der Waals surface area (Å²) in [7, 11) is 1.95. The van der Waals surface area contributed by atoms with Gasteiger partial charge in [0, 0.05) is 26.1 Å². The number of nitrogens with one attached hydrogen (secondary N) is 1. The molecule has 5 heteroatoms. The largest absolute Gasteiger partial charge is 0.446 e. The monoisotopic (exact) mass is 544 g/mol. The second kappa shape index (κ2) is 13.3. The molecule has 0 spiro atoms. The average molecular weight is 545 g/mol. The number of allylic oxidation sites excluding steroid dienone is 1. The molecule has 0 aliphatic heterocycles. The van der Waals surface area contributed by atoms with Gasteiger partial charge in [0.05, 0.1) is 6.61 Å². The van der Waals surface area contributed by atoms with Gasteiger partial charge in [0.15, 0.2) is 0 Å². The Morgan fingerprint density at radius 2 is 1.95 bits per heavy atom. The molecule has 7 unspecified atom stereocenters. The van der Waals surface area contributed by atoms with Crippen LogP contribution in [0.2, 0.25) is 0 Å². The van der Waals surface area contributed by atoms with E-state index in [1.54, 1.807) is 5.57 Å². The van der Waals surface area contributed by atoms with Gasteiger partial charge in [0.25, 0.3) is 0 Å². The van der Waals surface area contributed by atoms with Crippen molar-refractivity contribution in [3.05, 3.63) is 11.6 Å². The Bertz CT molecular complexity index is 842. The molecule has 0 saturated heterocycles. The molecule has 4 rings (SSSR count). The predicted molar refractivity (Wildman–Crippen MR) is 161 cm³/mol. The van der Waals surface area contributed by atoms with Crippen molar-refractivity contribution in [3.8, 4) is 0 Å². The number of amides is 1. The Hall–Kier alpha value is -1.07. The molecule has 39 heavy (non-hydrogen) atoms. The summed E-state index contributed by atoms with van der Waals surface area (Å²) in [5, 5.41) is 11.9. The van der Waals surface area contributed by atoms with E-state index in [4.69, 9.17) is 9.84 Å². The second-order valence-electron chi connectivity index (χ2n) is 14.6. The van der Waals surface area contributed by atoms with Crippen molar-refractivity contribution in [3.63, 3.8) is 0 Å². The molecule has 0 aromatic heterocycles. The zero-order chi connectivity index (χ0) is 28.2. The number of carbonyl (C=O) groups is 1. The molecule has 0 bridgehead atoms. The Labute approximate surface area is 239 Å². The van der Waals surface area contributed by atoms with Gasteiger partial charge in [-0.05, 0) is 105 Å². The van der Waals surface area contributed by atoms with Crippen molar-refractivity contribution in [2.75, 3.05) is 33.3 Å². The number of alkyl carbamates (subject to hydrolysis) is 1. The zero-order valence-corrected chi connectivity index (χ0v) is 26.1. The number of aliphatic hydroxyl groups excluding tert-OH is 1. The van der Waals surface area contributed by atoms with Gasteiger partial charge in [-0.2, -0.15) is 0 Å². The maximum absolute atomic E-state index is 12.5. The third-order valence-corrected chi connectivity index (χ3v) is 12.4. The third kappa shape index (κ3) is 6.71. The number of carbonyl (C=O) groups excluding carboxylic acids is 1. The molecule has 2 N–H and O–H groups in total. The van der Waals surface area contributed by atoms with Crippen LogP contribution in [0.1, 0.15) is 112 Å². The van der Waals surface area contributed by atoms with Gasteiger partial charge in [0.2, 0.25) is 0 Å². The van der Waals surface area contributed by atoms with E-state index in [9.17, 15) is 4.79 Å². The highest BCUT2D eigenvalue weighted by Crippen LogP contribution is 2.66. The number of aliphatic hydroxyl groups is 1. The highest BCUT2D eigenvalue weighted by Gasteiger charge is 2.58. The van der Waals surface area contributed by atoms with Gasteiger partial charge < -0.3 is 20.1 Å². The summed E-state index contributed by atoms with van der Waals surface area (Å²) in [5.41, 5.74) is 2.41. The van der Waals surface area contributed by atoms with Gasteiger partial charge in [-0.1, -0.05) is 65.5 Å². The maximum Gasteiger partial charge on any atom is 0.407 e. The summed E-state index contributed by atoms with van der Waals surface area (Å²) in [5.74, 6) is 5.19. The molecule has 5 nitrogen and oxygen atoms in total. The highest BCUT2D eigenvalue weighted by molar-refractivity contribution is 5.67. The quantitative estimate of drug-likeness (QED) is 0.251. The molecule has 0 radical (unpaired) electrons. The molecule has 4 aliphatic carbocycles. The van der Waals surface area contributed by atoms with Gasteiger partial charge in [-0.25, -0.2) is 4.79 Å². The molecular weight excluding hydrogens is 484 g/mol. The van der Waals surface area contributed by atoms with E-state index in [0.29, 0.717) is 25.0 Å². The molecular formula is C34H60N2O3. The lowest BCUT2D eigenvalue weighted by molar-refractivity contribution is -0.0520. The first-order valence-corrected chi connectivity index (χ1v) is 16.6. The first kappa shape index (κ1) is 30.9. The number of rotatable bonds is 12. The van der Waals surface area contributed by atoms with Crippen molar-refractivity contribution in [2.45, 2.75) is 118 Å². The minimum Gasteiger partial charge on any atom is -0.446 e. The lowest BCUT2D eigenvalue weighted by atomic mass is 9.47. The first-order valence-electron chi connectivity index (χ1n) is 16.6. The van der Waals surface area contributed by atoms with Crippen LogP contribution in [-0.2, 0) is 4.74 Å². The topological polar surface area (TPSA) is 61.8 Å². The SMILES string of the molecule is CC[C@H](CCCC1CCC2C3CC=C4CC(OC(=O)NCCN(C)CCO)CCC4(C)C3CCC12C)C(C)C. The normalized spacial score (nSPS) is 36.6. The smallest absolute Gasteiger partial charge is 0.407 e. The number of nitrogens with zero attached hydrogens (tertiary/aromatic N) is 1. The highest BCUT2D eigenvalue weighted by atomic mass is 16.6. The zero-order valence-electron chi connectivity index (χ0n) is 26.1. The summed E-state index contributed by atoms with van der Waals surface area (Å²) < 4.78 is 5.88. The summed E-state index contributed by atoms with van der Waals surface area (Å²) in [6.07, 6.45) is 17.9. The molecule has 3 fully saturated rings. The van der Waals surface area contributed by atoms with E-state index in [1.807, 2.05) is 11.9 Å². The summed E-state index contributed by atoms with van der Waals surface area (Å²) in [4.78, 5) is 14.5. The number of hydrogen-bond donors (Lipinski definition) is 2. The number of hydrogen-bond acceptors (Lipinski definition) is 4. The number of ether oxygens (including phenoxy) is 1. The summed E-state index contributed by atoms with van der Waals surface area (Å²) in [6, 6.07) is 0. The minimum absolute atomic E-state index is 0.00134. The Morgan fingerprint density at radius 3 is 2.67 bits per heavy atom. The standard InChI is InChI=1S/C34H60N2O3/c1-7-25(24(2)3)9-8-10-26-12-14-30-29-13-11-27-23-28(39-32(38)35-19-20-36(6)21-22-37)15-17-34(27,5)31(29)16-18-33(26,30)4/h11,24-26,28-31,37H,7-10,12-23H2,1-6H3,(H,35,38)/t25-,26?,28?,29?,30?,31?,33?,34?/m1/s1. The van der Waals surface area contributed by atoms with E-state index in [1.165, 1.54) is 57.8 Å². The second-order valence-corrected chi connectivity index (χ2v) is 14.6. The first-order chi connectivity index (χ1) is 18.6. The predicted octanol–water partition coefficient (Wildman–Crippen LogP) is 7.44. The summed E-state index contributed by atoms with van der Waals surface area (Å²) in [6.45, 7) is 14.4. The van der Waals surface area contributed by atoms with Crippen molar-refractivity contribution in [1.29, 1.82) is 0 Å². The minimum atomic E-state index is -0.292. The molecule has 1 amide bonds. The molecule has 4 aliphatic rings. The number of fused-ring (bicyclic) bond motifs is 5. The van der Waals surface area contributed by atoms with Crippen LogP contribution in [0.15, 0.2) is 11.6 Å². The van der Waals surface area contributed by atoms with Gasteiger partial charge >= 0.3 is 6.09 Å². The van der Waals surface area contributed by atoms with Crippen LogP contribution in [0.4, 0.5) is 4.79 Å². The Kier molecular flexibility index (Phi) is 10.5. The van der Waals surface area contributed by atoms with Crippen LogP contribution in [0.25, 0.3) is 0 Å². The fourth-order valence-corrected chi connectivity index (χ4v) is 9.77. The van der Waals surface area contributed by atoms with Crippen molar-refractivity contribution < 1.29 is 14.6 Å². The van der Waals surface area contributed by atoms with E-state index >= 15 is 0 Å². The molecule has 224 valence electrons. The van der Waals surface area contributed by atoms with Crippen molar-refractivity contribution in [1.82, 2.24) is 10.2 Å². The van der Waals surface area contributed by atoms with Crippen LogP contribution in [0.5, 0.6) is 0 Å². The van der Waals surface area contributed by atoms with Gasteiger partial charge in [0.1, 0.15) is 6.10 Å². The molecule has 0 heterocycles. The third-order valence-electron chi connectivity index (χ3n) is 12.4. The Balaban J connectivity index is 1.31. The van der Waals surface area contributed by atoms with E-state index in [-0.39, 0.29) is 24.2 Å².